The first kappa shape index (κ1) is 1.59. The molecule has 0 spiro atoms. The Kier molecular flexibility index (Phi) is 0.281. The maximum atomic E-state index is 7.67. The summed E-state index contributed by atoms with van der Waals surface area (Å²) >= 11 is 0. The van der Waals surface area contributed by atoms with Crippen LogP contribution in [0.1, 0.15) is 6.85 Å². The Bertz CT molecular complexity index is 647. The highest BCUT2D eigenvalue weighted by Gasteiger charge is 1.94. The Morgan fingerprint density at radius 1 is 1.60 bits per heavy atom. The van der Waals surface area contributed by atoms with Crippen molar-refractivity contribution in [3.63, 3.8) is 0 Å². The third kappa shape index (κ3) is 0.589. The number of anilines is 1. The fourth-order valence-electron chi connectivity index (χ4n) is 0.729. The van der Waals surface area contributed by atoms with Gasteiger partial charge in [0, 0.05) is 11.6 Å². The highest BCUT2D eigenvalue weighted by Crippen LogP contribution is 2.17. The van der Waals surface area contributed by atoms with Gasteiger partial charge >= 0.3 is 0 Å². The minimum atomic E-state index is -0.538. The van der Waals surface area contributed by atoms with Crippen LogP contribution in [0.5, 0.6) is 0 Å². The second-order valence-corrected chi connectivity index (χ2v) is 1.80. The van der Waals surface area contributed by atoms with Crippen LogP contribution < -0.4 is 5.72 Å². The maximum Gasteiger partial charge on any atom is 0.166 e. The van der Waals surface area contributed by atoms with Crippen molar-refractivity contribution in [3.8, 4) is 0 Å². The number of fused-ring (bicyclic) bond motifs is 1. The molecule has 0 aliphatic rings. The predicted octanol–water partition coefficient (Wildman–Crippen LogP) is 1.75. The average molecular weight is 140 g/mol. The molecule has 0 fully saturated rings. The zero-order chi connectivity index (χ0) is 13.8. The number of rotatable bonds is 1. The molecule has 50 valence electrons. The smallest absolute Gasteiger partial charge is 0.166 e. The van der Waals surface area contributed by atoms with Gasteiger partial charge in [-0.05, 0) is 12.1 Å². The molecule has 2 nitrogen and oxygen atoms in total. The second kappa shape index (κ2) is 1.77. The highest BCUT2D eigenvalue weighted by molar-refractivity contribution is 5.89. The van der Waals surface area contributed by atoms with E-state index in [1.54, 1.807) is 0 Å². The van der Waals surface area contributed by atoms with Gasteiger partial charge in [-0.1, -0.05) is 12.1 Å². The predicted molar refractivity (Wildman–Crippen MR) is 42.7 cm³/mol. The van der Waals surface area contributed by atoms with Crippen molar-refractivity contribution < 1.29 is 11.1 Å². The molecule has 0 aliphatic heterocycles. The number of hydrogen-bond acceptors (Lipinski definition) is 1. The summed E-state index contributed by atoms with van der Waals surface area (Å²) in [4.78, 5) is 0.499. The first-order valence-electron chi connectivity index (χ1n) is 6.51. The summed E-state index contributed by atoms with van der Waals surface area (Å²) in [6, 6.07) is -1.92. The molecule has 0 unspecified atom stereocenters. The number of nitrogens with two attached hydrogens (primary N) is 1. The third-order valence-corrected chi connectivity index (χ3v) is 1.18. The average Bonchev–Trinajstić information content (AvgIpc) is 2.51. The van der Waals surface area contributed by atoms with Gasteiger partial charge in [-0.25, -0.2) is 0 Å². The van der Waals surface area contributed by atoms with Crippen LogP contribution in [0.25, 0.3) is 10.9 Å². The number of aromatic amines is 1. The van der Waals surface area contributed by atoms with Gasteiger partial charge in [-0.2, -0.15) is 0 Å². The molecule has 10 heavy (non-hydrogen) atoms. The van der Waals surface area contributed by atoms with Gasteiger partial charge in [0.1, 0.15) is 0 Å². The topological polar surface area (TPSA) is 41.8 Å². The Balaban J connectivity index is 3.13. The molecule has 2 heteroatoms. The van der Waals surface area contributed by atoms with E-state index in [1.807, 2.05) is 0 Å². The first-order chi connectivity index (χ1) is 8.29. The summed E-state index contributed by atoms with van der Waals surface area (Å²) < 4.78 is 59.9. The van der Waals surface area contributed by atoms with Crippen LogP contribution in [0, 0.1) is 0 Å². The van der Waals surface area contributed by atoms with Crippen LogP contribution in [0.2, 0.25) is 4.24 Å². The number of aromatic nitrogens is 1. The van der Waals surface area contributed by atoms with Gasteiger partial charge in [0.2, 0.25) is 0 Å². The van der Waals surface area contributed by atoms with E-state index in [4.69, 9.17) is 11.1 Å². The molecular weight excluding hydrogens is 124 g/mol. The molecule has 0 amide bonds. The molecule has 0 bridgehead atoms. The van der Waals surface area contributed by atoms with Gasteiger partial charge in [0.15, 0.2) is 4.24 Å². The summed E-state index contributed by atoms with van der Waals surface area (Å²) in [5, 5.41) is -0.157. The van der Waals surface area contributed by atoms with Crippen molar-refractivity contribution in [3.05, 3.63) is 30.3 Å². The Morgan fingerprint density at radius 2 is 2.60 bits per heavy atom. The van der Waals surface area contributed by atoms with Gasteiger partial charge in [-0.3, -0.25) is 0 Å². The standard InChI is InChI=1S/C8H8N2/c9-7-3-1-2-6-4-5-10-8(6)7/h1-5,10H,9H2/i1D,2D,3D,4D,5D/hD3. The van der Waals surface area contributed by atoms with Gasteiger partial charge < -0.3 is 10.7 Å². The number of nitrogen functional groups attached to an aromatic ring is 1. The summed E-state index contributed by atoms with van der Waals surface area (Å²) in [7, 11) is 0. The fourth-order valence-corrected chi connectivity index (χ4v) is 0.729. The molecule has 0 saturated carbocycles. The van der Waals surface area contributed by atoms with Gasteiger partial charge in [0.05, 0.1) is 18.1 Å². The number of H-pyrrole nitrogens is 1. The lowest BCUT2D eigenvalue weighted by molar-refractivity contribution is 1.48. The van der Waals surface area contributed by atoms with Crippen molar-refractivity contribution >= 4 is 16.6 Å². The minimum Gasteiger partial charge on any atom is -0.397 e. The monoisotopic (exact) mass is 140 g/mol. The lowest BCUT2D eigenvalue weighted by Gasteiger charge is -1.92. The summed E-state index contributed by atoms with van der Waals surface area (Å²) in [5.74, 6) is 0. The van der Waals surface area contributed by atoms with Crippen LogP contribution in [-0.4, -0.2) is 4.98 Å². The van der Waals surface area contributed by atoms with Crippen molar-refractivity contribution in [1.29, 1.82) is 0 Å². The highest BCUT2D eigenvalue weighted by atomic mass is 14.7. The quantitative estimate of drug-likeness (QED) is 0.582. The van der Waals surface area contributed by atoms with E-state index >= 15 is 0 Å². The van der Waals surface area contributed by atoms with Gasteiger partial charge in [-0.15, -0.1) is 0 Å². The molecule has 3 N–H and O–H groups in total. The zero-order valence-electron chi connectivity index (χ0n) is 12.9. The van der Waals surface area contributed by atoms with E-state index in [0.29, 0.717) is 4.98 Å². The molecule has 0 radical (unpaired) electrons. The van der Waals surface area contributed by atoms with Crippen molar-refractivity contribution in [2.75, 3.05) is 5.72 Å². The third-order valence-electron chi connectivity index (χ3n) is 1.18. The number of benzene rings is 1. The largest absolute Gasteiger partial charge is 0.397 e. The maximum absolute atomic E-state index is 7.67. The zero-order valence-corrected chi connectivity index (χ0v) is 4.89. The second-order valence-electron chi connectivity index (χ2n) is 1.80. The van der Waals surface area contributed by atoms with E-state index in [1.165, 1.54) is 0 Å². The lowest BCUT2D eigenvalue weighted by atomic mass is 10.2. The van der Waals surface area contributed by atoms with E-state index < -0.39 is 30.3 Å². The lowest BCUT2D eigenvalue weighted by Crippen LogP contribution is -1.84. The number of hydrogen-bond donors (Lipinski definition) is 2. The first-order valence-corrected chi connectivity index (χ1v) is 2.67. The van der Waals surface area contributed by atoms with E-state index in [-0.39, 0.29) is 22.3 Å². The Hall–Kier alpha value is -1.44. The van der Waals surface area contributed by atoms with Crippen LogP contribution in [-0.2, 0) is 0 Å². The Labute approximate surface area is 70.1 Å². The minimum absolute atomic E-state index is 0.0616. The van der Waals surface area contributed by atoms with Crippen LogP contribution >= 0.6 is 0 Å². The molecule has 1 heterocycles. The molecule has 2 aromatic rings. The van der Waals surface area contributed by atoms with Crippen LogP contribution in [0.4, 0.5) is 5.69 Å². The summed E-state index contributed by atoms with van der Waals surface area (Å²) in [5.41, 5.74) is -0.527. The van der Waals surface area contributed by atoms with Crippen LogP contribution in [0.3, 0.4) is 0 Å². The molecule has 0 aliphatic carbocycles. The SMILES string of the molecule is [2H]c1c([2H])c(N([2H])[2H])c2c(c1[2H])c([2H])c([2H])n2[2H]. The number of nitrogens with one attached hydrogen (secondary N) is 1. The summed E-state index contributed by atoms with van der Waals surface area (Å²) in [6.45, 7) is 0. The normalized spacial score (nSPS) is 21.2. The molecule has 1 aromatic carbocycles. The van der Waals surface area contributed by atoms with Crippen LogP contribution in [0.15, 0.2) is 30.3 Å². The van der Waals surface area contributed by atoms with Crippen molar-refractivity contribution in [2.24, 2.45) is 0 Å². The molecule has 0 saturated heterocycles. The Morgan fingerprint density at radius 3 is 3.50 bits per heavy atom. The van der Waals surface area contributed by atoms with E-state index in [0.717, 1.165) is 0 Å². The van der Waals surface area contributed by atoms with E-state index in [2.05, 4.69) is 0 Å². The molecular formula is C8H8N2. The van der Waals surface area contributed by atoms with E-state index in [9.17, 15) is 0 Å². The fraction of sp³-hybridized carbons (Fsp3) is 0. The van der Waals surface area contributed by atoms with Crippen molar-refractivity contribution in [1.82, 2.24) is 4.98 Å². The summed E-state index contributed by atoms with van der Waals surface area (Å²) in [6.07, 6.45) is -0.508. The number of para-hydroxylation sites is 1. The van der Waals surface area contributed by atoms with Crippen molar-refractivity contribution in [2.45, 2.75) is 0 Å². The molecule has 0 atom stereocenters. The van der Waals surface area contributed by atoms with Gasteiger partial charge in [0.25, 0.3) is 0 Å². The molecule has 2 rings (SSSR count). The molecule has 1 aromatic heterocycles.